The molecule has 0 heterocycles. The molecule has 0 aliphatic carbocycles. The van der Waals surface area contributed by atoms with Crippen molar-refractivity contribution in [3.05, 3.63) is 30.3 Å². The first-order valence-corrected chi connectivity index (χ1v) is 7.36. The van der Waals surface area contributed by atoms with E-state index in [1.807, 2.05) is 0 Å². The minimum absolute atomic E-state index is 0.0417. The summed E-state index contributed by atoms with van der Waals surface area (Å²) in [4.78, 5) is -0.0741. The Hall–Kier alpha value is -1.03. The fourth-order valence-electron chi connectivity index (χ4n) is 1.04. The van der Waals surface area contributed by atoms with Crippen LogP contribution in [-0.2, 0) is 19.6 Å². The smallest absolute Gasteiger partial charge is 0.294 e. The van der Waals surface area contributed by atoms with Gasteiger partial charge >= 0.3 is 0 Å². The SMILES string of the molecule is O=S(=O)(O)c1ccccc1.OCCOCCOCCO. The van der Waals surface area contributed by atoms with E-state index in [4.69, 9.17) is 24.2 Å². The summed E-state index contributed by atoms with van der Waals surface area (Å²) in [6.07, 6.45) is 0. The standard InChI is InChI=1S/C6H14O4.C6H6O3S/c7-1-3-9-5-6-10-4-2-8;7-10(8,9)6-4-2-1-3-5-6/h7-8H,1-6H2;1-5H,(H,7,8,9). The summed E-state index contributed by atoms with van der Waals surface area (Å²) in [6, 6.07) is 7.42. The van der Waals surface area contributed by atoms with E-state index in [9.17, 15) is 8.42 Å². The fraction of sp³-hybridized carbons (Fsp3) is 0.500. The second kappa shape index (κ2) is 11.8. The van der Waals surface area contributed by atoms with Crippen molar-refractivity contribution in [2.45, 2.75) is 4.90 Å². The summed E-state index contributed by atoms with van der Waals surface area (Å²) in [7, 11) is -4.00. The Bertz CT molecular complexity index is 411. The summed E-state index contributed by atoms with van der Waals surface area (Å²) in [5.41, 5.74) is 0. The third kappa shape index (κ3) is 10.9. The van der Waals surface area contributed by atoms with Gasteiger partial charge in [-0.3, -0.25) is 4.55 Å². The van der Waals surface area contributed by atoms with E-state index >= 15 is 0 Å². The molecule has 1 rings (SSSR count). The van der Waals surface area contributed by atoms with Gasteiger partial charge in [0.2, 0.25) is 0 Å². The van der Waals surface area contributed by atoms with E-state index in [0.717, 1.165) is 0 Å². The maximum absolute atomic E-state index is 10.4. The number of hydrogen-bond acceptors (Lipinski definition) is 6. The van der Waals surface area contributed by atoms with Gasteiger partial charge in [0, 0.05) is 0 Å². The van der Waals surface area contributed by atoms with Crippen LogP contribution in [0.4, 0.5) is 0 Å². The minimum Gasteiger partial charge on any atom is -0.394 e. The molecule has 0 saturated heterocycles. The molecule has 7 nitrogen and oxygen atoms in total. The van der Waals surface area contributed by atoms with Crippen LogP contribution in [0.3, 0.4) is 0 Å². The van der Waals surface area contributed by atoms with Gasteiger partial charge in [0.1, 0.15) is 0 Å². The molecular formula is C12H20O7S. The number of benzene rings is 1. The van der Waals surface area contributed by atoms with Gasteiger partial charge < -0.3 is 19.7 Å². The normalized spacial score (nSPS) is 10.8. The van der Waals surface area contributed by atoms with Crippen molar-refractivity contribution in [1.29, 1.82) is 0 Å². The van der Waals surface area contributed by atoms with Gasteiger partial charge in [-0.05, 0) is 12.1 Å². The van der Waals surface area contributed by atoms with Crippen molar-refractivity contribution in [1.82, 2.24) is 0 Å². The molecule has 3 N–H and O–H groups in total. The number of ether oxygens (including phenoxy) is 2. The maximum Gasteiger partial charge on any atom is 0.294 e. The van der Waals surface area contributed by atoms with Crippen LogP contribution in [0.1, 0.15) is 0 Å². The first-order chi connectivity index (χ1) is 9.52. The Kier molecular flexibility index (Phi) is 11.2. The monoisotopic (exact) mass is 308 g/mol. The van der Waals surface area contributed by atoms with Crippen molar-refractivity contribution in [2.75, 3.05) is 39.6 Å². The molecule has 116 valence electrons. The van der Waals surface area contributed by atoms with Crippen LogP contribution in [-0.4, -0.2) is 62.8 Å². The molecule has 0 spiro atoms. The lowest BCUT2D eigenvalue weighted by Crippen LogP contribution is -2.09. The van der Waals surface area contributed by atoms with Gasteiger partial charge in [-0.2, -0.15) is 8.42 Å². The van der Waals surface area contributed by atoms with Crippen LogP contribution in [0.5, 0.6) is 0 Å². The average molecular weight is 308 g/mol. The third-order valence-corrected chi connectivity index (χ3v) is 2.75. The molecular weight excluding hydrogens is 288 g/mol. The largest absolute Gasteiger partial charge is 0.394 e. The Morgan fingerprint density at radius 2 is 1.30 bits per heavy atom. The summed E-state index contributed by atoms with van der Waals surface area (Å²) in [5, 5.41) is 16.5. The molecule has 0 radical (unpaired) electrons. The van der Waals surface area contributed by atoms with Crippen LogP contribution < -0.4 is 0 Å². The molecule has 0 bridgehead atoms. The van der Waals surface area contributed by atoms with Crippen molar-refractivity contribution in [3.8, 4) is 0 Å². The predicted molar refractivity (Wildman–Crippen MR) is 72.1 cm³/mol. The van der Waals surface area contributed by atoms with E-state index in [2.05, 4.69) is 0 Å². The lowest BCUT2D eigenvalue weighted by molar-refractivity contribution is 0.0222. The third-order valence-electron chi connectivity index (χ3n) is 1.88. The molecule has 0 aromatic heterocycles. The lowest BCUT2D eigenvalue weighted by Gasteiger charge is -2.01. The predicted octanol–water partition coefficient (Wildman–Crippen LogP) is -0.0625. The second-order valence-corrected chi connectivity index (χ2v) is 4.88. The topological polar surface area (TPSA) is 113 Å². The number of hydrogen-bond donors (Lipinski definition) is 3. The molecule has 0 atom stereocenters. The molecule has 8 heteroatoms. The molecule has 0 aliphatic rings. The zero-order chi connectivity index (χ0) is 15.3. The van der Waals surface area contributed by atoms with Crippen LogP contribution in [0.15, 0.2) is 35.2 Å². The van der Waals surface area contributed by atoms with Gasteiger partial charge in [0.25, 0.3) is 10.1 Å². The van der Waals surface area contributed by atoms with E-state index in [1.165, 1.54) is 12.1 Å². The molecule has 0 aliphatic heterocycles. The first kappa shape index (κ1) is 19.0. The van der Waals surface area contributed by atoms with Crippen molar-refractivity contribution in [3.63, 3.8) is 0 Å². The van der Waals surface area contributed by atoms with Crippen molar-refractivity contribution < 1.29 is 32.7 Å². The summed E-state index contributed by atoms with van der Waals surface area (Å²) < 4.78 is 39.0. The minimum atomic E-state index is -4.00. The molecule has 0 unspecified atom stereocenters. The van der Waals surface area contributed by atoms with E-state index in [1.54, 1.807) is 18.2 Å². The summed E-state index contributed by atoms with van der Waals surface area (Å²) in [5.74, 6) is 0. The number of aliphatic hydroxyl groups excluding tert-OH is 2. The van der Waals surface area contributed by atoms with E-state index in [0.29, 0.717) is 26.4 Å². The quantitative estimate of drug-likeness (QED) is 0.455. The highest BCUT2D eigenvalue weighted by Crippen LogP contribution is 2.05. The highest BCUT2D eigenvalue weighted by atomic mass is 32.2. The zero-order valence-electron chi connectivity index (χ0n) is 11.0. The molecule has 0 fully saturated rings. The highest BCUT2D eigenvalue weighted by Gasteiger charge is 2.05. The van der Waals surface area contributed by atoms with Gasteiger partial charge in [0.15, 0.2) is 0 Å². The Labute approximate surface area is 118 Å². The summed E-state index contributed by atoms with van der Waals surface area (Å²) in [6.45, 7) is 1.73. The Morgan fingerprint density at radius 3 is 1.60 bits per heavy atom. The molecule has 0 amide bonds. The van der Waals surface area contributed by atoms with Crippen LogP contribution >= 0.6 is 0 Å². The molecule has 0 saturated carbocycles. The van der Waals surface area contributed by atoms with Crippen molar-refractivity contribution in [2.24, 2.45) is 0 Å². The van der Waals surface area contributed by atoms with Crippen molar-refractivity contribution >= 4 is 10.1 Å². The number of aliphatic hydroxyl groups is 2. The van der Waals surface area contributed by atoms with Gasteiger partial charge in [0.05, 0.1) is 44.5 Å². The first-order valence-electron chi connectivity index (χ1n) is 5.92. The van der Waals surface area contributed by atoms with Gasteiger partial charge in [-0.25, -0.2) is 0 Å². The van der Waals surface area contributed by atoms with E-state index < -0.39 is 10.1 Å². The Balaban J connectivity index is 0.000000361. The fourth-order valence-corrected chi connectivity index (χ4v) is 1.54. The number of rotatable bonds is 8. The maximum atomic E-state index is 10.4. The second-order valence-electron chi connectivity index (χ2n) is 3.46. The lowest BCUT2D eigenvalue weighted by atomic mass is 10.4. The van der Waals surface area contributed by atoms with Gasteiger partial charge in [-0.1, -0.05) is 18.2 Å². The van der Waals surface area contributed by atoms with E-state index in [-0.39, 0.29) is 18.1 Å². The molecule has 1 aromatic rings. The van der Waals surface area contributed by atoms with Crippen LogP contribution in [0.25, 0.3) is 0 Å². The summed E-state index contributed by atoms with van der Waals surface area (Å²) >= 11 is 0. The molecule has 20 heavy (non-hydrogen) atoms. The van der Waals surface area contributed by atoms with Crippen LogP contribution in [0.2, 0.25) is 0 Å². The Morgan fingerprint density at radius 1 is 0.850 bits per heavy atom. The molecule has 1 aromatic carbocycles. The van der Waals surface area contributed by atoms with Gasteiger partial charge in [-0.15, -0.1) is 0 Å². The van der Waals surface area contributed by atoms with Crippen LogP contribution in [0, 0.1) is 0 Å². The zero-order valence-corrected chi connectivity index (χ0v) is 11.8. The highest BCUT2D eigenvalue weighted by molar-refractivity contribution is 7.85. The average Bonchev–Trinajstić information content (AvgIpc) is 2.44.